The Hall–Kier alpha value is -2.50. The molecule has 3 aromatic rings. The van der Waals surface area contributed by atoms with Crippen LogP contribution in [-0.2, 0) is 13.6 Å². The van der Waals surface area contributed by atoms with Crippen LogP contribution < -0.4 is 9.26 Å². The van der Waals surface area contributed by atoms with Gasteiger partial charge in [-0.2, -0.15) is 0 Å². The van der Waals surface area contributed by atoms with Crippen LogP contribution >= 0.6 is 19.4 Å². The minimum absolute atomic E-state index is 0.157. The Morgan fingerprint density at radius 3 is 2.47 bits per heavy atom. The lowest BCUT2D eigenvalue weighted by Gasteiger charge is -2.29. The molecule has 1 fully saturated rings. The number of rotatable bonds is 6. The van der Waals surface area contributed by atoms with Gasteiger partial charge in [0.25, 0.3) is 0 Å². The van der Waals surface area contributed by atoms with Crippen LogP contribution in [0.4, 0.5) is 0 Å². The third kappa shape index (κ3) is 5.59. The number of hydrogen-bond acceptors (Lipinski definition) is 6. The number of phenols is 1. The van der Waals surface area contributed by atoms with Crippen LogP contribution in [0, 0.1) is 13.8 Å². The van der Waals surface area contributed by atoms with E-state index in [9.17, 15) is 9.67 Å². The van der Waals surface area contributed by atoms with Gasteiger partial charge < -0.3 is 14.4 Å². The fourth-order valence-electron chi connectivity index (χ4n) is 3.92. The average Bonchev–Trinajstić information content (AvgIpc) is 2.77. The summed E-state index contributed by atoms with van der Waals surface area (Å²) in [6.07, 6.45) is 0.108. The zero-order valence-corrected chi connectivity index (χ0v) is 21.2. The fourth-order valence-corrected chi connectivity index (χ4v) is 5.51. The SMILES string of the molecule is Cc1cc(OP2(=O)OCC[C@@H](c3cccc(Cl)c3)O2)cc(C)c1Oc1ccc(O)c(C(C)C)c1. The van der Waals surface area contributed by atoms with Crippen LogP contribution in [0.1, 0.15) is 54.5 Å². The highest BCUT2D eigenvalue weighted by Gasteiger charge is 2.38. The van der Waals surface area contributed by atoms with E-state index in [2.05, 4.69) is 0 Å². The van der Waals surface area contributed by atoms with Crippen molar-refractivity contribution < 1.29 is 28.0 Å². The first-order valence-corrected chi connectivity index (χ1v) is 13.0. The van der Waals surface area contributed by atoms with Gasteiger partial charge in [0, 0.05) is 17.0 Å². The van der Waals surface area contributed by atoms with Crippen molar-refractivity contribution in [2.75, 3.05) is 6.61 Å². The molecule has 4 rings (SSSR count). The second kappa shape index (κ2) is 10.0. The molecule has 8 heteroatoms. The summed E-state index contributed by atoms with van der Waals surface area (Å²) in [4.78, 5) is 0. The van der Waals surface area contributed by atoms with Crippen molar-refractivity contribution in [2.45, 2.75) is 46.1 Å². The second-order valence-corrected chi connectivity index (χ2v) is 10.7. The van der Waals surface area contributed by atoms with Gasteiger partial charge >= 0.3 is 7.82 Å². The van der Waals surface area contributed by atoms with E-state index in [1.165, 1.54) is 0 Å². The van der Waals surface area contributed by atoms with Gasteiger partial charge in [0.2, 0.25) is 0 Å². The predicted octanol–water partition coefficient (Wildman–Crippen LogP) is 8.24. The monoisotopic (exact) mass is 502 g/mol. The fraction of sp³-hybridized carbons (Fsp3) is 0.308. The number of phosphoric acid groups is 1. The van der Waals surface area contributed by atoms with E-state index in [1.54, 1.807) is 36.4 Å². The van der Waals surface area contributed by atoms with Gasteiger partial charge in [-0.1, -0.05) is 37.6 Å². The van der Waals surface area contributed by atoms with E-state index < -0.39 is 13.9 Å². The quantitative estimate of drug-likeness (QED) is 0.342. The average molecular weight is 503 g/mol. The number of hydrogen-bond donors (Lipinski definition) is 1. The molecule has 1 N–H and O–H groups in total. The highest BCUT2D eigenvalue weighted by Crippen LogP contribution is 2.57. The summed E-state index contributed by atoms with van der Waals surface area (Å²) in [6.45, 7) is 8.02. The van der Waals surface area contributed by atoms with Gasteiger partial charge in [-0.3, -0.25) is 9.05 Å². The first kappa shape index (κ1) is 24.6. The van der Waals surface area contributed by atoms with Gasteiger partial charge in [0.15, 0.2) is 0 Å². The molecule has 1 unspecified atom stereocenters. The van der Waals surface area contributed by atoms with Crippen molar-refractivity contribution in [3.63, 3.8) is 0 Å². The van der Waals surface area contributed by atoms with E-state index in [0.29, 0.717) is 28.7 Å². The Balaban J connectivity index is 1.53. The normalized spacial score (nSPS) is 20.4. The summed E-state index contributed by atoms with van der Waals surface area (Å²) < 4.78 is 36.3. The molecular weight excluding hydrogens is 475 g/mol. The van der Waals surface area contributed by atoms with Crippen molar-refractivity contribution in [3.8, 4) is 23.0 Å². The maximum atomic E-state index is 13.2. The number of benzene rings is 3. The van der Waals surface area contributed by atoms with E-state index >= 15 is 0 Å². The highest BCUT2D eigenvalue weighted by atomic mass is 35.5. The van der Waals surface area contributed by atoms with E-state index in [4.69, 9.17) is 29.9 Å². The van der Waals surface area contributed by atoms with Gasteiger partial charge in [-0.15, -0.1) is 0 Å². The molecule has 0 spiro atoms. The largest absolute Gasteiger partial charge is 0.530 e. The van der Waals surface area contributed by atoms with Gasteiger partial charge in [-0.05, 0) is 78.9 Å². The summed E-state index contributed by atoms with van der Waals surface area (Å²) >= 11 is 6.09. The van der Waals surface area contributed by atoms with Gasteiger partial charge in [0.1, 0.15) is 23.0 Å². The smallest absolute Gasteiger partial charge is 0.508 e. The molecule has 0 aromatic heterocycles. The minimum Gasteiger partial charge on any atom is -0.508 e. The van der Waals surface area contributed by atoms with Crippen LogP contribution in [0.2, 0.25) is 5.02 Å². The number of aryl methyl sites for hydroxylation is 2. The Morgan fingerprint density at radius 2 is 1.79 bits per heavy atom. The number of aromatic hydroxyl groups is 1. The lowest BCUT2D eigenvalue weighted by Crippen LogP contribution is -2.16. The van der Waals surface area contributed by atoms with Crippen molar-refractivity contribution in [1.29, 1.82) is 0 Å². The maximum absolute atomic E-state index is 13.2. The Morgan fingerprint density at radius 1 is 1.06 bits per heavy atom. The van der Waals surface area contributed by atoms with Crippen molar-refractivity contribution in [3.05, 3.63) is 81.9 Å². The molecule has 0 aliphatic carbocycles. The number of halogens is 1. The summed E-state index contributed by atoms with van der Waals surface area (Å²) in [5.74, 6) is 2.05. The first-order chi connectivity index (χ1) is 16.1. The van der Waals surface area contributed by atoms with Crippen LogP contribution in [0.25, 0.3) is 0 Å². The molecule has 2 atom stereocenters. The molecule has 34 heavy (non-hydrogen) atoms. The zero-order valence-electron chi connectivity index (χ0n) is 19.6. The van der Waals surface area contributed by atoms with Crippen molar-refractivity contribution in [2.24, 2.45) is 0 Å². The topological polar surface area (TPSA) is 74.2 Å². The Bertz CT molecular complexity index is 1220. The molecule has 1 saturated heterocycles. The van der Waals surface area contributed by atoms with Crippen LogP contribution in [-0.4, -0.2) is 11.7 Å². The first-order valence-electron chi connectivity index (χ1n) is 11.1. The van der Waals surface area contributed by atoms with Crippen molar-refractivity contribution >= 4 is 19.4 Å². The van der Waals surface area contributed by atoms with Crippen molar-refractivity contribution in [1.82, 2.24) is 0 Å². The van der Waals surface area contributed by atoms with E-state index in [-0.39, 0.29) is 18.3 Å². The molecule has 1 aliphatic rings. The lowest BCUT2D eigenvalue weighted by molar-refractivity contribution is 0.0509. The number of phosphoric ester groups is 1. The number of ether oxygens (including phenoxy) is 1. The summed E-state index contributed by atoms with van der Waals surface area (Å²) in [5, 5.41) is 10.7. The van der Waals surface area contributed by atoms with Gasteiger partial charge in [-0.25, -0.2) is 4.57 Å². The minimum atomic E-state index is -3.83. The van der Waals surface area contributed by atoms with Gasteiger partial charge in [0.05, 0.1) is 12.7 Å². The molecule has 0 bridgehead atoms. The Kier molecular flexibility index (Phi) is 7.25. The maximum Gasteiger partial charge on any atom is 0.530 e. The molecule has 1 aliphatic heterocycles. The summed E-state index contributed by atoms with van der Waals surface area (Å²) in [6, 6.07) is 15.9. The molecule has 0 amide bonds. The highest BCUT2D eigenvalue weighted by molar-refractivity contribution is 7.49. The molecule has 1 heterocycles. The lowest BCUT2D eigenvalue weighted by atomic mass is 10.0. The molecule has 0 radical (unpaired) electrons. The molecule has 0 saturated carbocycles. The summed E-state index contributed by atoms with van der Waals surface area (Å²) in [7, 11) is -3.83. The standard InChI is InChI=1S/C26H28ClO6P/c1-16(2)23-15-21(8-9-24(23)28)31-26-17(3)12-22(13-18(26)4)32-34(29)30-11-10-25(33-34)19-6-5-7-20(27)14-19/h5-9,12-16,25,28H,10-11H2,1-4H3/t25-,34?/m0/s1. The third-order valence-corrected chi connectivity index (χ3v) is 7.28. The molecular formula is C26H28ClO6P. The molecule has 180 valence electrons. The number of phenolic OH excluding ortho intramolecular Hbond substituents is 1. The predicted molar refractivity (Wildman–Crippen MR) is 132 cm³/mol. The molecule has 6 nitrogen and oxygen atoms in total. The van der Waals surface area contributed by atoms with E-state index in [1.807, 2.05) is 45.9 Å². The summed E-state index contributed by atoms with van der Waals surface area (Å²) in [5.41, 5.74) is 3.23. The van der Waals surface area contributed by atoms with Crippen LogP contribution in [0.15, 0.2) is 54.6 Å². The van der Waals surface area contributed by atoms with Crippen LogP contribution in [0.5, 0.6) is 23.0 Å². The Labute approximate surface area is 205 Å². The zero-order chi connectivity index (χ0) is 24.5. The van der Waals surface area contributed by atoms with Crippen LogP contribution in [0.3, 0.4) is 0 Å². The van der Waals surface area contributed by atoms with E-state index in [0.717, 1.165) is 22.3 Å². The second-order valence-electron chi connectivity index (χ2n) is 8.67. The third-order valence-electron chi connectivity index (χ3n) is 5.60. The molecule has 3 aromatic carbocycles.